The van der Waals surface area contributed by atoms with E-state index in [1.54, 1.807) is 4.90 Å². The Labute approximate surface area is 162 Å². The van der Waals surface area contributed by atoms with E-state index < -0.39 is 0 Å². The molecule has 0 spiro atoms. The second-order valence-electron chi connectivity index (χ2n) is 6.48. The van der Waals surface area contributed by atoms with Crippen molar-refractivity contribution in [2.75, 3.05) is 26.8 Å². The number of aromatic nitrogens is 1. The molecule has 3 heterocycles. The molecule has 7 nitrogen and oxygen atoms in total. The van der Waals surface area contributed by atoms with E-state index in [0.717, 1.165) is 24.3 Å². The second-order valence-corrected chi connectivity index (χ2v) is 7.42. The molecular weight excluding hydrogens is 368 g/mol. The highest BCUT2D eigenvalue weighted by Gasteiger charge is 2.25. The fourth-order valence-electron chi connectivity index (χ4n) is 3.03. The largest absolute Gasteiger partial charge is 0.469 e. The zero-order valence-electron chi connectivity index (χ0n) is 15.6. The molecule has 0 N–H and O–H groups in total. The number of hydrogen-bond donors (Lipinski definition) is 0. The number of nitrogens with zero attached hydrogens (tertiary/aromatic N) is 2. The smallest absolute Gasteiger partial charge is 0.307 e. The van der Waals surface area contributed by atoms with Crippen LogP contribution in [-0.4, -0.2) is 54.7 Å². The SMILES string of the molecule is COC(=O)CCN(CC1CCCO1)C(=O)Cc1nc(-c2cccs2)oc1C. The van der Waals surface area contributed by atoms with Crippen LogP contribution in [0, 0.1) is 6.92 Å². The maximum absolute atomic E-state index is 12.9. The predicted octanol–water partition coefficient (Wildman–Crippen LogP) is 2.82. The monoisotopic (exact) mass is 392 g/mol. The van der Waals surface area contributed by atoms with E-state index >= 15 is 0 Å². The summed E-state index contributed by atoms with van der Waals surface area (Å²) in [7, 11) is 1.35. The topological polar surface area (TPSA) is 81.9 Å². The van der Waals surface area contributed by atoms with Gasteiger partial charge in [0.2, 0.25) is 11.8 Å². The van der Waals surface area contributed by atoms with Crippen LogP contribution in [0.1, 0.15) is 30.7 Å². The van der Waals surface area contributed by atoms with Crippen molar-refractivity contribution < 1.29 is 23.5 Å². The number of ether oxygens (including phenoxy) is 2. The molecule has 1 amide bonds. The van der Waals surface area contributed by atoms with Gasteiger partial charge in [0, 0.05) is 19.7 Å². The minimum absolute atomic E-state index is 0.0201. The molecule has 3 rings (SSSR count). The molecule has 0 saturated carbocycles. The van der Waals surface area contributed by atoms with Gasteiger partial charge in [-0.3, -0.25) is 9.59 Å². The Hall–Kier alpha value is -2.19. The Balaban J connectivity index is 1.68. The average Bonchev–Trinajstić information content (AvgIpc) is 3.41. The van der Waals surface area contributed by atoms with E-state index in [1.807, 2.05) is 24.4 Å². The van der Waals surface area contributed by atoms with Crippen molar-refractivity contribution in [3.8, 4) is 10.8 Å². The quantitative estimate of drug-likeness (QED) is 0.643. The molecule has 146 valence electrons. The molecular formula is C19H24N2O5S. The molecule has 0 bridgehead atoms. The molecule has 1 unspecified atom stereocenters. The number of esters is 1. The first kappa shape index (κ1) is 19.6. The van der Waals surface area contributed by atoms with Gasteiger partial charge in [0.05, 0.1) is 36.6 Å². The van der Waals surface area contributed by atoms with Crippen LogP contribution in [-0.2, 0) is 25.5 Å². The van der Waals surface area contributed by atoms with E-state index in [9.17, 15) is 9.59 Å². The van der Waals surface area contributed by atoms with Crippen molar-refractivity contribution in [3.05, 3.63) is 29.0 Å². The van der Waals surface area contributed by atoms with Gasteiger partial charge in [0.25, 0.3) is 0 Å². The van der Waals surface area contributed by atoms with Gasteiger partial charge in [0.15, 0.2) is 0 Å². The summed E-state index contributed by atoms with van der Waals surface area (Å²) in [5.74, 6) is 0.739. The van der Waals surface area contributed by atoms with Crippen LogP contribution < -0.4 is 0 Å². The van der Waals surface area contributed by atoms with E-state index in [2.05, 4.69) is 4.98 Å². The van der Waals surface area contributed by atoms with Gasteiger partial charge in [-0.15, -0.1) is 11.3 Å². The molecule has 1 atom stereocenters. The maximum atomic E-state index is 12.9. The zero-order valence-corrected chi connectivity index (χ0v) is 16.4. The Bertz CT molecular complexity index is 765. The van der Waals surface area contributed by atoms with E-state index in [4.69, 9.17) is 13.9 Å². The summed E-state index contributed by atoms with van der Waals surface area (Å²) in [5.41, 5.74) is 0.624. The van der Waals surface area contributed by atoms with E-state index in [-0.39, 0.29) is 30.8 Å². The third kappa shape index (κ3) is 5.17. The van der Waals surface area contributed by atoms with Crippen molar-refractivity contribution in [3.63, 3.8) is 0 Å². The van der Waals surface area contributed by atoms with Crippen molar-refractivity contribution in [2.45, 2.75) is 38.7 Å². The number of aryl methyl sites for hydroxylation is 1. The predicted molar refractivity (Wildman–Crippen MR) is 100 cm³/mol. The molecule has 0 aliphatic carbocycles. The lowest BCUT2D eigenvalue weighted by molar-refractivity contribution is -0.142. The first-order chi connectivity index (χ1) is 13.1. The number of carbonyl (C=O) groups is 2. The lowest BCUT2D eigenvalue weighted by atomic mass is 10.2. The number of rotatable bonds is 8. The highest BCUT2D eigenvalue weighted by Crippen LogP contribution is 2.26. The Morgan fingerprint density at radius 1 is 1.44 bits per heavy atom. The lowest BCUT2D eigenvalue weighted by Crippen LogP contribution is -2.39. The third-order valence-electron chi connectivity index (χ3n) is 4.56. The molecule has 1 saturated heterocycles. The van der Waals surface area contributed by atoms with E-state index in [1.165, 1.54) is 18.4 Å². The summed E-state index contributed by atoms with van der Waals surface area (Å²) in [6.45, 7) is 3.31. The molecule has 1 aliphatic heterocycles. The lowest BCUT2D eigenvalue weighted by Gasteiger charge is -2.25. The summed E-state index contributed by atoms with van der Waals surface area (Å²) in [6.07, 6.45) is 2.23. The first-order valence-corrected chi connectivity index (χ1v) is 9.91. The van der Waals surface area contributed by atoms with Gasteiger partial charge >= 0.3 is 5.97 Å². The summed E-state index contributed by atoms with van der Waals surface area (Å²) in [6, 6.07) is 3.86. The minimum Gasteiger partial charge on any atom is -0.469 e. The summed E-state index contributed by atoms with van der Waals surface area (Å²) in [4.78, 5) is 31.5. The summed E-state index contributed by atoms with van der Waals surface area (Å²) < 4.78 is 16.1. The highest BCUT2D eigenvalue weighted by molar-refractivity contribution is 7.13. The van der Waals surface area contributed by atoms with Crippen LogP contribution in [0.25, 0.3) is 10.8 Å². The molecule has 27 heavy (non-hydrogen) atoms. The van der Waals surface area contributed by atoms with Gasteiger partial charge < -0.3 is 18.8 Å². The fourth-order valence-corrected chi connectivity index (χ4v) is 3.68. The Morgan fingerprint density at radius 3 is 2.96 bits per heavy atom. The van der Waals surface area contributed by atoms with Crippen molar-refractivity contribution >= 4 is 23.2 Å². The van der Waals surface area contributed by atoms with Crippen LogP contribution >= 0.6 is 11.3 Å². The second kappa shape index (κ2) is 9.14. The zero-order chi connectivity index (χ0) is 19.2. The van der Waals surface area contributed by atoms with Gasteiger partial charge in [-0.2, -0.15) is 0 Å². The molecule has 1 aliphatic rings. The highest BCUT2D eigenvalue weighted by atomic mass is 32.1. The molecule has 2 aromatic heterocycles. The molecule has 0 radical (unpaired) electrons. The average molecular weight is 392 g/mol. The van der Waals surface area contributed by atoms with Crippen molar-refractivity contribution in [2.24, 2.45) is 0 Å². The van der Waals surface area contributed by atoms with Crippen LogP contribution in [0.5, 0.6) is 0 Å². The maximum Gasteiger partial charge on any atom is 0.307 e. The normalized spacial score (nSPS) is 16.4. The Morgan fingerprint density at radius 2 is 2.30 bits per heavy atom. The van der Waals surface area contributed by atoms with Crippen LogP contribution in [0.15, 0.2) is 21.9 Å². The molecule has 8 heteroatoms. The third-order valence-corrected chi connectivity index (χ3v) is 5.42. The fraction of sp³-hybridized carbons (Fsp3) is 0.526. The van der Waals surface area contributed by atoms with Crippen molar-refractivity contribution in [1.82, 2.24) is 9.88 Å². The first-order valence-electron chi connectivity index (χ1n) is 9.03. The van der Waals surface area contributed by atoms with Crippen LogP contribution in [0.4, 0.5) is 0 Å². The van der Waals surface area contributed by atoms with E-state index in [0.29, 0.717) is 30.4 Å². The number of thiophene rings is 1. The Kier molecular flexibility index (Phi) is 6.63. The number of oxazole rings is 1. The van der Waals surface area contributed by atoms with Gasteiger partial charge in [-0.25, -0.2) is 4.98 Å². The summed E-state index contributed by atoms with van der Waals surface area (Å²) >= 11 is 1.54. The van der Waals surface area contributed by atoms with Crippen molar-refractivity contribution in [1.29, 1.82) is 0 Å². The molecule has 2 aromatic rings. The number of methoxy groups -OCH3 is 1. The van der Waals surface area contributed by atoms with Crippen LogP contribution in [0.2, 0.25) is 0 Å². The van der Waals surface area contributed by atoms with Crippen LogP contribution in [0.3, 0.4) is 0 Å². The standard InChI is InChI=1S/C19H24N2O5S/c1-13-15(20-19(26-13)16-6-4-10-27-16)11-17(22)21(8-7-18(23)24-2)12-14-5-3-9-25-14/h4,6,10,14H,3,5,7-9,11-12H2,1-2H3. The number of carbonyl (C=O) groups excluding carboxylic acids is 2. The van der Waals surface area contributed by atoms with Gasteiger partial charge in [0.1, 0.15) is 5.76 Å². The minimum atomic E-state index is -0.335. The number of hydrogen-bond acceptors (Lipinski definition) is 7. The molecule has 1 fully saturated rings. The molecule has 0 aromatic carbocycles. The number of amides is 1. The van der Waals surface area contributed by atoms with Gasteiger partial charge in [-0.05, 0) is 31.2 Å². The van der Waals surface area contributed by atoms with Gasteiger partial charge in [-0.1, -0.05) is 6.07 Å². The summed E-state index contributed by atoms with van der Waals surface area (Å²) in [5, 5.41) is 1.95.